The number of nitrogens with zero attached hydrogens (tertiary/aromatic N) is 1. The molecule has 0 heterocycles. The van der Waals surface area contributed by atoms with Gasteiger partial charge in [0.05, 0.1) is 0 Å². The van der Waals surface area contributed by atoms with Crippen molar-refractivity contribution in [2.75, 3.05) is 0 Å². The van der Waals surface area contributed by atoms with E-state index in [0.29, 0.717) is 11.1 Å². The monoisotopic (exact) mass is 201 g/mol. The predicted octanol–water partition coefficient (Wildman–Crippen LogP) is -0.374. The van der Waals surface area contributed by atoms with E-state index in [4.69, 9.17) is 11.6 Å². The largest absolute Gasteiger partial charge is 1.00 e. The maximum atomic E-state index is 13.3. The van der Waals surface area contributed by atoms with E-state index in [9.17, 15) is 4.39 Å². The molecule has 0 spiro atoms. The van der Waals surface area contributed by atoms with E-state index in [1.165, 1.54) is 12.1 Å². The Hall–Kier alpha value is -0.983. The fraction of sp³-hybridized carbons (Fsp3) is 0.300. The smallest absolute Gasteiger partial charge is 0.481 e. The van der Waals surface area contributed by atoms with Gasteiger partial charge in [-0.3, -0.25) is 0 Å². The molecule has 3 nitrogen and oxygen atoms in total. The Morgan fingerprint density at radius 3 is 2.53 bits per heavy atom. The standard InChI is InChI=1S/C10H13FN3.Li/c1-6(2)8-5-7(10(12)14-13)3-4-9(8)11;/h3-6H,13H2,1-2H3,(H-,12,14);/q-1;+1. The van der Waals surface area contributed by atoms with Crippen LogP contribution in [0.5, 0.6) is 0 Å². The first-order valence-electron chi connectivity index (χ1n) is 4.35. The molecule has 15 heavy (non-hydrogen) atoms. The third kappa shape index (κ3) is 3.26. The van der Waals surface area contributed by atoms with Crippen molar-refractivity contribution < 1.29 is 23.3 Å². The number of benzene rings is 1. The van der Waals surface area contributed by atoms with Gasteiger partial charge in [-0.05, 0) is 35.0 Å². The van der Waals surface area contributed by atoms with Crippen LogP contribution in [0.4, 0.5) is 4.39 Å². The molecule has 5 heteroatoms. The molecular formula is C10H13FLiN3. The van der Waals surface area contributed by atoms with E-state index < -0.39 is 0 Å². The van der Waals surface area contributed by atoms with Gasteiger partial charge in [0.2, 0.25) is 0 Å². The Kier molecular flexibility index (Phi) is 5.41. The van der Waals surface area contributed by atoms with Crippen LogP contribution in [-0.4, -0.2) is 5.84 Å². The minimum atomic E-state index is -0.256. The van der Waals surface area contributed by atoms with Gasteiger partial charge in [-0.25, -0.2) is 4.39 Å². The van der Waals surface area contributed by atoms with Gasteiger partial charge in [-0.2, -0.15) is 0 Å². The summed E-state index contributed by atoms with van der Waals surface area (Å²) in [4.78, 5) is 0. The topological polar surface area (TPSA) is 62.2 Å². The van der Waals surface area contributed by atoms with Crippen LogP contribution < -0.4 is 24.7 Å². The molecule has 1 aromatic rings. The van der Waals surface area contributed by atoms with Crippen LogP contribution in [0.1, 0.15) is 30.9 Å². The second-order valence-electron chi connectivity index (χ2n) is 3.37. The second-order valence-corrected chi connectivity index (χ2v) is 3.37. The molecular weight excluding hydrogens is 188 g/mol. The van der Waals surface area contributed by atoms with Crippen molar-refractivity contribution in [3.63, 3.8) is 0 Å². The van der Waals surface area contributed by atoms with Crippen molar-refractivity contribution in [2.24, 2.45) is 10.9 Å². The van der Waals surface area contributed by atoms with Gasteiger partial charge in [0, 0.05) is 0 Å². The molecule has 0 amide bonds. The molecule has 3 N–H and O–H groups in total. The van der Waals surface area contributed by atoms with Crippen molar-refractivity contribution in [2.45, 2.75) is 19.8 Å². The third-order valence-corrected chi connectivity index (χ3v) is 2.02. The van der Waals surface area contributed by atoms with E-state index >= 15 is 0 Å². The maximum absolute atomic E-state index is 13.3. The van der Waals surface area contributed by atoms with Gasteiger partial charge in [0.25, 0.3) is 0 Å². The molecule has 0 aliphatic rings. The SMILES string of the molecule is CC(C)c1cc(/C([NH-])=N/N)ccc1F.[Li+]. The zero-order valence-electron chi connectivity index (χ0n) is 9.21. The zero-order valence-corrected chi connectivity index (χ0v) is 9.21. The van der Waals surface area contributed by atoms with Crippen molar-refractivity contribution in [1.82, 2.24) is 0 Å². The summed E-state index contributed by atoms with van der Waals surface area (Å²) in [5.41, 5.74) is 8.49. The average Bonchev–Trinajstić information content (AvgIpc) is 2.17. The van der Waals surface area contributed by atoms with E-state index in [1.807, 2.05) is 13.8 Å². The van der Waals surface area contributed by atoms with Crippen molar-refractivity contribution in [3.8, 4) is 0 Å². The molecule has 76 valence electrons. The van der Waals surface area contributed by atoms with E-state index in [0.717, 1.165) is 0 Å². The molecule has 1 aromatic carbocycles. The van der Waals surface area contributed by atoms with Crippen molar-refractivity contribution in [3.05, 3.63) is 40.9 Å². The molecule has 0 bridgehead atoms. The van der Waals surface area contributed by atoms with Gasteiger partial charge in [0.15, 0.2) is 0 Å². The Labute approximate surface area is 101 Å². The first-order valence-corrected chi connectivity index (χ1v) is 4.35. The molecule has 0 atom stereocenters. The van der Waals surface area contributed by atoms with E-state index in [1.54, 1.807) is 6.07 Å². The van der Waals surface area contributed by atoms with Crippen LogP contribution in [0, 0.1) is 5.82 Å². The Morgan fingerprint density at radius 1 is 1.47 bits per heavy atom. The number of hydrazone groups is 1. The summed E-state index contributed by atoms with van der Waals surface area (Å²) in [6, 6.07) is 4.45. The van der Waals surface area contributed by atoms with Crippen LogP contribution in [-0.2, 0) is 0 Å². The number of hydrogen-bond acceptors (Lipinski definition) is 2. The minimum absolute atomic E-state index is 0. The minimum Gasteiger partial charge on any atom is -0.481 e. The van der Waals surface area contributed by atoms with Crippen LogP contribution >= 0.6 is 0 Å². The van der Waals surface area contributed by atoms with Gasteiger partial charge < -0.3 is 16.7 Å². The van der Waals surface area contributed by atoms with Gasteiger partial charge in [-0.15, -0.1) is 0 Å². The number of hydrogen-bond donors (Lipinski definition) is 1. The molecule has 0 unspecified atom stereocenters. The normalized spacial score (nSPS) is 11.3. The first-order chi connectivity index (χ1) is 6.56. The fourth-order valence-electron chi connectivity index (χ4n) is 1.21. The Balaban J connectivity index is 0.00000196. The van der Waals surface area contributed by atoms with Crippen molar-refractivity contribution in [1.29, 1.82) is 0 Å². The Bertz CT molecular complexity index is 364. The number of rotatable bonds is 2. The summed E-state index contributed by atoms with van der Waals surface area (Å²) >= 11 is 0. The number of nitrogens with one attached hydrogen (secondary N) is 1. The molecule has 0 aliphatic heterocycles. The van der Waals surface area contributed by atoms with Crippen LogP contribution in [0.15, 0.2) is 23.3 Å². The van der Waals surface area contributed by atoms with Gasteiger partial charge in [0.1, 0.15) is 5.82 Å². The van der Waals surface area contributed by atoms with E-state index in [-0.39, 0.29) is 36.4 Å². The summed E-state index contributed by atoms with van der Waals surface area (Å²) in [5, 5.41) is 3.25. The summed E-state index contributed by atoms with van der Waals surface area (Å²) in [5.74, 6) is 4.77. The summed E-state index contributed by atoms with van der Waals surface area (Å²) in [7, 11) is 0. The molecule has 1 rings (SSSR count). The summed E-state index contributed by atoms with van der Waals surface area (Å²) in [6.07, 6.45) is 0. The van der Waals surface area contributed by atoms with Gasteiger partial charge in [-0.1, -0.05) is 19.9 Å². The summed E-state index contributed by atoms with van der Waals surface area (Å²) in [6.45, 7) is 3.79. The summed E-state index contributed by atoms with van der Waals surface area (Å²) < 4.78 is 13.3. The van der Waals surface area contributed by atoms with E-state index in [2.05, 4.69) is 5.10 Å². The van der Waals surface area contributed by atoms with Crippen LogP contribution in [0.2, 0.25) is 0 Å². The van der Waals surface area contributed by atoms with Gasteiger partial charge >= 0.3 is 18.9 Å². The quantitative estimate of drug-likeness (QED) is 0.229. The number of amidine groups is 1. The molecule has 0 fully saturated rings. The maximum Gasteiger partial charge on any atom is 1.00 e. The fourth-order valence-corrected chi connectivity index (χ4v) is 1.21. The third-order valence-electron chi connectivity index (χ3n) is 2.02. The molecule has 0 saturated heterocycles. The number of halogens is 1. The van der Waals surface area contributed by atoms with Crippen LogP contribution in [0.25, 0.3) is 5.73 Å². The average molecular weight is 201 g/mol. The molecule has 0 aromatic heterocycles. The molecule has 0 radical (unpaired) electrons. The Morgan fingerprint density at radius 2 is 2.07 bits per heavy atom. The number of nitrogens with two attached hydrogens (primary N) is 1. The predicted molar refractivity (Wildman–Crippen MR) is 55.5 cm³/mol. The zero-order chi connectivity index (χ0) is 10.7. The van der Waals surface area contributed by atoms with Crippen molar-refractivity contribution >= 4 is 5.84 Å². The second kappa shape index (κ2) is 5.79. The molecule has 0 aliphatic carbocycles. The first kappa shape index (κ1) is 14.0. The molecule has 0 saturated carbocycles. The van der Waals surface area contributed by atoms with Crippen LogP contribution in [0.3, 0.4) is 0 Å².